The van der Waals surface area contributed by atoms with E-state index < -0.39 is 10.0 Å². The molecule has 1 rings (SSSR count). The van der Waals surface area contributed by atoms with Crippen molar-refractivity contribution >= 4 is 10.0 Å². The lowest BCUT2D eigenvalue weighted by atomic mass is 10.2. The molecule has 0 aromatic rings. The maximum absolute atomic E-state index is 11.9. The van der Waals surface area contributed by atoms with Crippen molar-refractivity contribution in [1.82, 2.24) is 4.31 Å². The number of rotatable bonds is 3. The van der Waals surface area contributed by atoms with Gasteiger partial charge in [-0.2, -0.15) is 4.31 Å². The van der Waals surface area contributed by atoms with E-state index in [9.17, 15) is 8.42 Å². The molecule has 0 aromatic carbocycles. The Morgan fingerprint density at radius 3 is 2.43 bits per heavy atom. The van der Waals surface area contributed by atoms with Gasteiger partial charge in [0, 0.05) is 18.6 Å². The lowest BCUT2D eigenvalue weighted by Crippen LogP contribution is -2.42. The molecule has 1 fully saturated rings. The number of sulfonamides is 1. The van der Waals surface area contributed by atoms with E-state index in [1.165, 1.54) is 0 Å². The molecule has 2 N–H and O–H groups in total. The van der Waals surface area contributed by atoms with Gasteiger partial charge in [0.15, 0.2) is 0 Å². The quantitative estimate of drug-likeness (QED) is 0.748. The van der Waals surface area contributed by atoms with E-state index in [1.54, 1.807) is 4.31 Å². The molecule has 84 valence electrons. The number of hydrogen-bond acceptors (Lipinski definition) is 3. The van der Waals surface area contributed by atoms with Crippen LogP contribution in [0.5, 0.6) is 0 Å². The Bertz CT molecular complexity index is 287. The van der Waals surface area contributed by atoms with Gasteiger partial charge in [-0.05, 0) is 19.3 Å². The van der Waals surface area contributed by atoms with Crippen molar-refractivity contribution in [1.29, 1.82) is 0 Å². The van der Waals surface area contributed by atoms with Crippen LogP contribution in [0.1, 0.15) is 27.2 Å². The number of nitrogens with zero attached hydrogens (tertiary/aromatic N) is 1. The Balaban J connectivity index is 2.74. The molecule has 0 spiro atoms. The third-order valence-corrected chi connectivity index (χ3v) is 4.98. The van der Waals surface area contributed by atoms with Crippen molar-refractivity contribution in [3.05, 3.63) is 0 Å². The van der Waals surface area contributed by atoms with Gasteiger partial charge >= 0.3 is 0 Å². The van der Waals surface area contributed by atoms with Gasteiger partial charge in [0.1, 0.15) is 0 Å². The Hall–Kier alpha value is -0.130. The van der Waals surface area contributed by atoms with Gasteiger partial charge in [-0.15, -0.1) is 0 Å². The first-order valence-corrected chi connectivity index (χ1v) is 6.70. The van der Waals surface area contributed by atoms with Crippen LogP contribution in [0.3, 0.4) is 0 Å². The maximum Gasteiger partial charge on any atom is 0.214 e. The highest BCUT2D eigenvalue weighted by atomic mass is 32.2. The Morgan fingerprint density at radius 2 is 2.07 bits per heavy atom. The first-order chi connectivity index (χ1) is 6.34. The van der Waals surface area contributed by atoms with E-state index in [0.29, 0.717) is 6.54 Å². The highest BCUT2D eigenvalue weighted by Crippen LogP contribution is 2.21. The average Bonchev–Trinajstić information content (AvgIpc) is 2.30. The van der Waals surface area contributed by atoms with Gasteiger partial charge in [-0.1, -0.05) is 13.8 Å². The smallest absolute Gasteiger partial charge is 0.214 e. The minimum Gasteiger partial charge on any atom is -0.326 e. The van der Waals surface area contributed by atoms with E-state index in [-0.39, 0.29) is 23.8 Å². The summed E-state index contributed by atoms with van der Waals surface area (Å²) >= 11 is 0. The SMILES string of the molecule is CC(C)CS(=O)(=O)N1CCC(N)C1C. The zero-order chi connectivity index (χ0) is 10.9. The molecule has 0 saturated carbocycles. The Labute approximate surface area is 86.5 Å². The van der Waals surface area contributed by atoms with Crippen LogP contribution in [-0.2, 0) is 10.0 Å². The van der Waals surface area contributed by atoms with E-state index in [0.717, 1.165) is 6.42 Å². The second kappa shape index (κ2) is 4.16. The molecule has 5 heteroatoms. The van der Waals surface area contributed by atoms with Crippen molar-refractivity contribution < 1.29 is 8.42 Å². The fourth-order valence-electron chi connectivity index (χ4n) is 1.84. The van der Waals surface area contributed by atoms with Crippen molar-refractivity contribution in [2.75, 3.05) is 12.3 Å². The number of nitrogens with two attached hydrogens (primary N) is 1. The summed E-state index contributed by atoms with van der Waals surface area (Å²) in [6.07, 6.45) is 0.776. The molecule has 1 saturated heterocycles. The molecule has 1 heterocycles. The van der Waals surface area contributed by atoms with Gasteiger partial charge in [-0.3, -0.25) is 0 Å². The van der Waals surface area contributed by atoms with Crippen LogP contribution in [0, 0.1) is 5.92 Å². The molecule has 0 bridgehead atoms. The second-order valence-electron chi connectivity index (χ2n) is 4.48. The molecular weight excluding hydrogens is 200 g/mol. The molecule has 2 atom stereocenters. The molecule has 1 aliphatic rings. The monoisotopic (exact) mass is 220 g/mol. The molecule has 0 aliphatic carbocycles. The lowest BCUT2D eigenvalue weighted by molar-refractivity contribution is 0.390. The van der Waals surface area contributed by atoms with Crippen LogP contribution in [0.25, 0.3) is 0 Å². The van der Waals surface area contributed by atoms with Crippen molar-refractivity contribution in [2.24, 2.45) is 11.7 Å². The van der Waals surface area contributed by atoms with Gasteiger partial charge in [0.05, 0.1) is 5.75 Å². The van der Waals surface area contributed by atoms with E-state index in [2.05, 4.69) is 0 Å². The molecular formula is C9H20N2O2S. The highest BCUT2D eigenvalue weighted by molar-refractivity contribution is 7.89. The largest absolute Gasteiger partial charge is 0.326 e. The summed E-state index contributed by atoms with van der Waals surface area (Å²) in [6, 6.07) is -0.0457. The van der Waals surface area contributed by atoms with Crippen LogP contribution in [0.2, 0.25) is 0 Å². The fourth-order valence-corrected chi connectivity index (χ4v) is 3.92. The first kappa shape index (κ1) is 11.9. The number of hydrogen-bond donors (Lipinski definition) is 1. The lowest BCUT2D eigenvalue weighted by Gasteiger charge is -2.23. The highest BCUT2D eigenvalue weighted by Gasteiger charge is 2.36. The third-order valence-electron chi connectivity index (χ3n) is 2.66. The summed E-state index contributed by atoms with van der Waals surface area (Å²) in [5.41, 5.74) is 5.79. The van der Waals surface area contributed by atoms with Crippen LogP contribution in [0.4, 0.5) is 0 Å². The zero-order valence-electron chi connectivity index (χ0n) is 9.10. The predicted octanol–water partition coefficient (Wildman–Crippen LogP) is 0.394. The van der Waals surface area contributed by atoms with E-state index >= 15 is 0 Å². The van der Waals surface area contributed by atoms with Gasteiger partial charge in [-0.25, -0.2) is 8.42 Å². The van der Waals surface area contributed by atoms with Gasteiger partial charge in [0.2, 0.25) is 10.0 Å². The normalized spacial score (nSPS) is 30.1. The first-order valence-electron chi connectivity index (χ1n) is 5.09. The summed E-state index contributed by atoms with van der Waals surface area (Å²) in [5, 5.41) is 0. The summed E-state index contributed by atoms with van der Waals surface area (Å²) in [5.74, 6) is 0.397. The average molecular weight is 220 g/mol. The fraction of sp³-hybridized carbons (Fsp3) is 1.00. The molecule has 1 aliphatic heterocycles. The minimum absolute atomic E-state index is 0.00284. The molecule has 0 aromatic heterocycles. The van der Waals surface area contributed by atoms with Crippen LogP contribution in [0.15, 0.2) is 0 Å². The van der Waals surface area contributed by atoms with Crippen molar-refractivity contribution in [3.63, 3.8) is 0 Å². The molecule has 2 unspecified atom stereocenters. The minimum atomic E-state index is -3.09. The van der Waals surface area contributed by atoms with Crippen LogP contribution < -0.4 is 5.73 Å². The molecule has 0 amide bonds. The van der Waals surface area contributed by atoms with E-state index in [4.69, 9.17) is 5.73 Å². The topological polar surface area (TPSA) is 63.4 Å². The van der Waals surface area contributed by atoms with Crippen molar-refractivity contribution in [2.45, 2.75) is 39.3 Å². The molecule has 14 heavy (non-hydrogen) atoms. The molecule has 4 nitrogen and oxygen atoms in total. The molecule has 0 radical (unpaired) electrons. The zero-order valence-corrected chi connectivity index (χ0v) is 9.92. The third kappa shape index (κ3) is 2.46. The standard InChI is InChI=1S/C9H20N2O2S/c1-7(2)6-14(12,13)11-5-4-9(10)8(11)3/h7-9H,4-6,10H2,1-3H3. The summed E-state index contributed by atoms with van der Waals surface area (Å²) in [4.78, 5) is 0. The second-order valence-corrected chi connectivity index (χ2v) is 6.44. The van der Waals surface area contributed by atoms with Gasteiger partial charge < -0.3 is 5.73 Å². The maximum atomic E-state index is 11.9. The van der Waals surface area contributed by atoms with Crippen LogP contribution in [-0.4, -0.2) is 37.1 Å². The van der Waals surface area contributed by atoms with Crippen LogP contribution >= 0.6 is 0 Å². The van der Waals surface area contributed by atoms with E-state index in [1.807, 2.05) is 20.8 Å². The predicted molar refractivity (Wildman–Crippen MR) is 57.4 cm³/mol. The van der Waals surface area contributed by atoms with Crippen molar-refractivity contribution in [3.8, 4) is 0 Å². The Morgan fingerprint density at radius 1 is 1.50 bits per heavy atom. The summed E-state index contributed by atoms with van der Waals surface area (Å²) in [7, 11) is -3.09. The Kier molecular flexibility index (Phi) is 3.55. The summed E-state index contributed by atoms with van der Waals surface area (Å²) < 4.78 is 25.3. The van der Waals surface area contributed by atoms with Gasteiger partial charge in [0.25, 0.3) is 0 Å². The summed E-state index contributed by atoms with van der Waals surface area (Å²) in [6.45, 7) is 6.30.